The summed E-state index contributed by atoms with van der Waals surface area (Å²) in [7, 11) is 0. The van der Waals surface area contributed by atoms with Gasteiger partial charge in [0, 0.05) is 6.61 Å². The molecule has 0 saturated carbocycles. The molecule has 0 amide bonds. The molecule has 2 atom stereocenters. The van der Waals surface area contributed by atoms with Gasteiger partial charge in [0.2, 0.25) is 0 Å². The maximum absolute atomic E-state index is 11.7. The van der Waals surface area contributed by atoms with Crippen molar-refractivity contribution in [2.24, 2.45) is 17.8 Å². The van der Waals surface area contributed by atoms with Gasteiger partial charge in [0.1, 0.15) is 0 Å². The Hall–Kier alpha value is -0.570. The normalized spacial score (nSPS) is 14.6. The van der Waals surface area contributed by atoms with Gasteiger partial charge in [-0.15, -0.1) is 0 Å². The van der Waals surface area contributed by atoms with Gasteiger partial charge < -0.3 is 9.47 Å². The lowest BCUT2D eigenvalue weighted by molar-refractivity contribution is -0.160. The maximum atomic E-state index is 11.7. The maximum Gasteiger partial charge on any atom is 0.310 e. The Morgan fingerprint density at radius 2 is 1.72 bits per heavy atom. The molecule has 0 aromatic heterocycles. The molecule has 0 aliphatic rings. The van der Waals surface area contributed by atoms with Crippen molar-refractivity contribution in [3.63, 3.8) is 0 Å². The fraction of sp³-hybridized carbons (Fsp3) is 0.933. The summed E-state index contributed by atoms with van der Waals surface area (Å²) >= 11 is 0. The zero-order valence-corrected chi connectivity index (χ0v) is 12.7. The number of esters is 1. The van der Waals surface area contributed by atoms with Crippen LogP contribution in [0.25, 0.3) is 0 Å². The molecule has 0 spiro atoms. The van der Waals surface area contributed by atoms with E-state index in [2.05, 4.69) is 20.8 Å². The monoisotopic (exact) mass is 258 g/mol. The average molecular weight is 258 g/mol. The molecule has 2 unspecified atom stereocenters. The number of carbonyl (C=O) groups excluding carboxylic acids is 1. The van der Waals surface area contributed by atoms with Gasteiger partial charge in [-0.3, -0.25) is 4.79 Å². The molecule has 0 rings (SSSR count). The van der Waals surface area contributed by atoms with Gasteiger partial charge in [-0.25, -0.2) is 0 Å². The minimum atomic E-state index is -0.137. The predicted octanol–water partition coefficient (Wildman–Crippen LogP) is 4.01. The molecule has 0 bridgehead atoms. The fourth-order valence-corrected chi connectivity index (χ4v) is 2.09. The molecule has 108 valence electrons. The first-order valence-corrected chi connectivity index (χ1v) is 7.27. The quantitative estimate of drug-likeness (QED) is 0.337. The SMILES string of the molecule is CCCC(CCC(C)C(=O)OCOCC)C(C)C. The molecule has 3 nitrogen and oxygen atoms in total. The number of hydrogen-bond acceptors (Lipinski definition) is 3. The summed E-state index contributed by atoms with van der Waals surface area (Å²) in [6.45, 7) is 11.2. The minimum Gasteiger partial charge on any atom is -0.438 e. The van der Waals surface area contributed by atoms with Crippen LogP contribution in [0, 0.1) is 17.8 Å². The second kappa shape index (κ2) is 10.4. The molecular weight excluding hydrogens is 228 g/mol. The smallest absolute Gasteiger partial charge is 0.310 e. The standard InChI is InChI=1S/C15H30O3/c1-6-8-14(12(3)4)10-9-13(5)15(16)18-11-17-7-2/h12-14H,6-11H2,1-5H3. The number of ether oxygens (including phenoxy) is 2. The first-order valence-electron chi connectivity index (χ1n) is 7.27. The third kappa shape index (κ3) is 7.70. The summed E-state index contributed by atoms with van der Waals surface area (Å²) in [6.07, 6.45) is 4.48. The highest BCUT2D eigenvalue weighted by atomic mass is 16.7. The average Bonchev–Trinajstić information content (AvgIpc) is 2.33. The molecule has 0 N–H and O–H groups in total. The van der Waals surface area contributed by atoms with Crippen LogP contribution in [-0.2, 0) is 14.3 Å². The van der Waals surface area contributed by atoms with Crippen LogP contribution in [0.3, 0.4) is 0 Å². The molecule has 18 heavy (non-hydrogen) atoms. The van der Waals surface area contributed by atoms with E-state index in [9.17, 15) is 4.79 Å². The van der Waals surface area contributed by atoms with Gasteiger partial charge >= 0.3 is 5.97 Å². The minimum absolute atomic E-state index is 0.0245. The molecule has 3 heteroatoms. The molecule has 0 saturated heterocycles. The van der Waals surface area contributed by atoms with Crippen molar-refractivity contribution in [2.75, 3.05) is 13.4 Å². The van der Waals surface area contributed by atoms with Gasteiger partial charge in [-0.05, 0) is 31.6 Å². The first kappa shape index (κ1) is 17.4. The predicted molar refractivity (Wildman–Crippen MR) is 74.2 cm³/mol. The van der Waals surface area contributed by atoms with Crippen LogP contribution in [0.5, 0.6) is 0 Å². The largest absolute Gasteiger partial charge is 0.438 e. The summed E-state index contributed by atoms with van der Waals surface area (Å²) in [5.41, 5.74) is 0. The Labute approximate surface area is 112 Å². The van der Waals surface area contributed by atoms with Crippen molar-refractivity contribution in [1.82, 2.24) is 0 Å². The lowest BCUT2D eigenvalue weighted by Crippen LogP contribution is -2.18. The number of rotatable bonds is 10. The Balaban J connectivity index is 3.91. The highest BCUT2D eigenvalue weighted by Gasteiger charge is 2.18. The summed E-state index contributed by atoms with van der Waals surface area (Å²) in [5, 5.41) is 0. The summed E-state index contributed by atoms with van der Waals surface area (Å²) in [6, 6.07) is 0. The zero-order valence-electron chi connectivity index (χ0n) is 12.7. The number of hydrogen-bond donors (Lipinski definition) is 0. The second-order valence-corrected chi connectivity index (χ2v) is 5.35. The second-order valence-electron chi connectivity index (χ2n) is 5.35. The van der Waals surface area contributed by atoms with Crippen LogP contribution in [0.1, 0.15) is 60.3 Å². The molecule has 0 radical (unpaired) electrons. The van der Waals surface area contributed by atoms with E-state index in [0.717, 1.165) is 18.8 Å². The third-order valence-electron chi connectivity index (χ3n) is 3.46. The topological polar surface area (TPSA) is 35.5 Å². The number of carbonyl (C=O) groups is 1. The summed E-state index contributed by atoms with van der Waals surface area (Å²) in [4.78, 5) is 11.7. The summed E-state index contributed by atoms with van der Waals surface area (Å²) < 4.78 is 10.0. The van der Waals surface area contributed by atoms with Crippen LogP contribution >= 0.6 is 0 Å². The van der Waals surface area contributed by atoms with E-state index in [1.165, 1.54) is 12.8 Å². The van der Waals surface area contributed by atoms with E-state index >= 15 is 0 Å². The van der Waals surface area contributed by atoms with E-state index in [0.29, 0.717) is 12.5 Å². The van der Waals surface area contributed by atoms with E-state index in [4.69, 9.17) is 9.47 Å². The van der Waals surface area contributed by atoms with Crippen molar-refractivity contribution in [3.8, 4) is 0 Å². The van der Waals surface area contributed by atoms with Crippen LogP contribution < -0.4 is 0 Å². The van der Waals surface area contributed by atoms with Gasteiger partial charge in [-0.1, -0.05) is 40.5 Å². The molecule has 0 aliphatic carbocycles. The Bertz CT molecular complexity index is 214. The van der Waals surface area contributed by atoms with Gasteiger partial charge in [0.15, 0.2) is 6.79 Å². The van der Waals surface area contributed by atoms with E-state index < -0.39 is 0 Å². The molecule has 0 aromatic rings. The molecule has 0 aromatic carbocycles. The van der Waals surface area contributed by atoms with Gasteiger partial charge in [0.05, 0.1) is 5.92 Å². The lowest BCUT2D eigenvalue weighted by atomic mass is 9.85. The molecular formula is C15H30O3. The Kier molecular flexibility index (Phi) is 10.0. The Morgan fingerprint density at radius 3 is 2.22 bits per heavy atom. The molecule has 0 heterocycles. The zero-order chi connectivity index (χ0) is 14.0. The van der Waals surface area contributed by atoms with Crippen LogP contribution in [0.2, 0.25) is 0 Å². The fourth-order valence-electron chi connectivity index (χ4n) is 2.09. The van der Waals surface area contributed by atoms with Gasteiger partial charge in [-0.2, -0.15) is 0 Å². The molecule has 0 fully saturated rings. The highest BCUT2D eigenvalue weighted by Crippen LogP contribution is 2.24. The van der Waals surface area contributed by atoms with Crippen LogP contribution in [-0.4, -0.2) is 19.4 Å². The van der Waals surface area contributed by atoms with E-state index in [1.54, 1.807) is 0 Å². The van der Waals surface area contributed by atoms with Crippen molar-refractivity contribution >= 4 is 5.97 Å². The van der Waals surface area contributed by atoms with Crippen molar-refractivity contribution in [1.29, 1.82) is 0 Å². The summed E-state index contributed by atoms with van der Waals surface area (Å²) in [5.74, 6) is 1.25. The van der Waals surface area contributed by atoms with Crippen molar-refractivity contribution in [2.45, 2.75) is 60.3 Å². The molecule has 0 aliphatic heterocycles. The lowest BCUT2D eigenvalue weighted by Gasteiger charge is -2.21. The Morgan fingerprint density at radius 1 is 1.06 bits per heavy atom. The van der Waals surface area contributed by atoms with Crippen molar-refractivity contribution < 1.29 is 14.3 Å². The van der Waals surface area contributed by atoms with Gasteiger partial charge in [0.25, 0.3) is 0 Å². The van der Waals surface area contributed by atoms with E-state index in [1.807, 2.05) is 13.8 Å². The third-order valence-corrected chi connectivity index (χ3v) is 3.46. The van der Waals surface area contributed by atoms with Crippen molar-refractivity contribution in [3.05, 3.63) is 0 Å². The van der Waals surface area contributed by atoms with Crippen LogP contribution in [0.15, 0.2) is 0 Å². The first-order chi connectivity index (χ1) is 8.52. The van der Waals surface area contributed by atoms with E-state index in [-0.39, 0.29) is 18.7 Å². The highest BCUT2D eigenvalue weighted by molar-refractivity contribution is 5.71. The van der Waals surface area contributed by atoms with Crippen LogP contribution in [0.4, 0.5) is 0 Å².